The Morgan fingerprint density at radius 3 is 2.44 bits per heavy atom. The highest BCUT2D eigenvalue weighted by molar-refractivity contribution is 9.10. The van der Waals surface area contributed by atoms with E-state index in [0.717, 1.165) is 10.0 Å². The molecule has 0 heterocycles. The minimum Gasteiger partial charge on any atom is -0.289 e. The Bertz CT molecular complexity index is 518. The molecule has 80 valence electrons. The van der Waals surface area contributed by atoms with Gasteiger partial charge in [-0.25, -0.2) is 0 Å². The summed E-state index contributed by atoms with van der Waals surface area (Å²) >= 11 is 3.41. The van der Waals surface area contributed by atoms with Gasteiger partial charge in [0.25, 0.3) is 0 Å². The third-order valence-electron chi connectivity index (χ3n) is 2.40. The fourth-order valence-corrected chi connectivity index (χ4v) is 1.98. The molecule has 0 fully saturated rings. The number of carbonyl (C=O) groups is 1. The lowest BCUT2D eigenvalue weighted by Crippen LogP contribution is -2.02. The van der Waals surface area contributed by atoms with Crippen molar-refractivity contribution in [3.63, 3.8) is 0 Å². The van der Waals surface area contributed by atoms with Crippen LogP contribution in [0.15, 0.2) is 53.0 Å². The zero-order valence-corrected chi connectivity index (χ0v) is 10.5. The summed E-state index contributed by atoms with van der Waals surface area (Å²) in [5.74, 6) is 0.0520. The molecule has 0 N–H and O–H groups in total. The van der Waals surface area contributed by atoms with Crippen LogP contribution >= 0.6 is 15.9 Å². The van der Waals surface area contributed by atoms with Gasteiger partial charge in [0, 0.05) is 15.6 Å². The number of halogens is 1. The smallest absolute Gasteiger partial charge is 0.194 e. The van der Waals surface area contributed by atoms with Crippen LogP contribution in [0.2, 0.25) is 0 Å². The van der Waals surface area contributed by atoms with Crippen molar-refractivity contribution >= 4 is 21.7 Å². The molecule has 0 aliphatic heterocycles. The summed E-state index contributed by atoms with van der Waals surface area (Å²) in [4.78, 5) is 12.2. The van der Waals surface area contributed by atoms with E-state index >= 15 is 0 Å². The van der Waals surface area contributed by atoms with E-state index in [1.807, 2.05) is 55.5 Å². The van der Waals surface area contributed by atoms with Gasteiger partial charge < -0.3 is 0 Å². The Morgan fingerprint density at radius 1 is 1.06 bits per heavy atom. The predicted octanol–water partition coefficient (Wildman–Crippen LogP) is 3.99. The maximum Gasteiger partial charge on any atom is 0.194 e. The topological polar surface area (TPSA) is 17.1 Å². The third-order valence-corrected chi connectivity index (χ3v) is 3.09. The molecule has 1 nitrogen and oxygen atoms in total. The number of ketones is 1. The van der Waals surface area contributed by atoms with E-state index in [-0.39, 0.29) is 5.78 Å². The van der Waals surface area contributed by atoms with Gasteiger partial charge in [-0.05, 0) is 19.1 Å². The van der Waals surface area contributed by atoms with E-state index in [4.69, 9.17) is 0 Å². The molecule has 0 radical (unpaired) electrons. The normalized spacial score (nSPS) is 10.1. The van der Waals surface area contributed by atoms with E-state index in [1.165, 1.54) is 0 Å². The second kappa shape index (κ2) is 4.62. The van der Waals surface area contributed by atoms with Gasteiger partial charge in [-0.3, -0.25) is 4.79 Å². The molecule has 0 aromatic heterocycles. The van der Waals surface area contributed by atoms with Gasteiger partial charge in [0.15, 0.2) is 5.78 Å². The van der Waals surface area contributed by atoms with Crippen LogP contribution in [-0.2, 0) is 0 Å². The number of hydrogen-bond acceptors (Lipinski definition) is 1. The van der Waals surface area contributed by atoms with Gasteiger partial charge in [-0.15, -0.1) is 0 Å². The molecule has 0 saturated carbocycles. The molecular weight excluding hydrogens is 264 g/mol. The van der Waals surface area contributed by atoms with Crippen LogP contribution in [0.5, 0.6) is 0 Å². The fourth-order valence-electron chi connectivity index (χ4n) is 1.56. The van der Waals surface area contributed by atoms with Gasteiger partial charge in [0.05, 0.1) is 0 Å². The molecule has 0 atom stereocenters. The molecule has 2 rings (SSSR count). The van der Waals surface area contributed by atoms with Crippen molar-refractivity contribution in [2.45, 2.75) is 6.92 Å². The number of aryl methyl sites for hydroxylation is 1. The molecule has 16 heavy (non-hydrogen) atoms. The largest absolute Gasteiger partial charge is 0.289 e. The van der Waals surface area contributed by atoms with Crippen LogP contribution in [0.3, 0.4) is 0 Å². The highest BCUT2D eigenvalue weighted by atomic mass is 79.9. The maximum absolute atomic E-state index is 12.2. The van der Waals surface area contributed by atoms with Crippen molar-refractivity contribution in [2.75, 3.05) is 0 Å². The summed E-state index contributed by atoms with van der Waals surface area (Å²) < 4.78 is 0.840. The van der Waals surface area contributed by atoms with Gasteiger partial charge in [-0.2, -0.15) is 0 Å². The first-order valence-corrected chi connectivity index (χ1v) is 5.83. The van der Waals surface area contributed by atoms with Crippen LogP contribution in [0.25, 0.3) is 0 Å². The fraction of sp³-hybridized carbons (Fsp3) is 0.0714. The van der Waals surface area contributed by atoms with E-state index in [1.54, 1.807) is 0 Å². The molecular formula is C14H11BrO. The van der Waals surface area contributed by atoms with Crippen molar-refractivity contribution in [1.29, 1.82) is 0 Å². The molecule has 0 spiro atoms. The number of rotatable bonds is 2. The highest BCUT2D eigenvalue weighted by Gasteiger charge is 2.11. The number of benzene rings is 2. The Morgan fingerprint density at radius 2 is 1.75 bits per heavy atom. The van der Waals surface area contributed by atoms with Crippen molar-refractivity contribution < 1.29 is 4.79 Å². The summed E-state index contributed by atoms with van der Waals surface area (Å²) in [7, 11) is 0. The van der Waals surface area contributed by atoms with Crippen molar-refractivity contribution in [3.8, 4) is 0 Å². The highest BCUT2D eigenvalue weighted by Crippen LogP contribution is 2.21. The number of hydrogen-bond donors (Lipinski definition) is 0. The van der Waals surface area contributed by atoms with Crippen molar-refractivity contribution in [2.24, 2.45) is 0 Å². The van der Waals surface area contributed by atoms with Gasteiger partial charge in [-0.1, -0.05) is 57.9 Å². The molecule has 0 bridgehead atoms. The first-order chi connectivity index (χ1) is 7.68. The first kappa shape index (κ1) is 11.1. The minimum atomic E-state index is 0.0520. The van der Waals surface area contributed by atoms with E-state index in [2.05, 4.69) is 15.9 Å². The lowest BCUT2D eigenvalue weighted by molar-refractivity contribution is 0.103. The van der Waals surface area contributed by atoms with E-state index < -0.39 is 0 Å². The van der Waals surface area contributed by atoms with Crippen LogP contribution in [0, 0.1) is 6.92 Å². The average Bonchev–Trinajstić information content (AvgIpc) is 2.32. The monoisotopic (exact) mass is 274 g/mol. The average molecular weight is 275 g/mol. The zero-order valence-electron chi connectivity index (χ0n) is 8.91. The Kier molecular flexibility index (Phi) is 3.20. The first-order valence-electron chi connectivity index (χ1n) is 5.04. The Hall–Kier alpha value is -1.41. The second-order valence-corrected chi connectivity index (χ2v) is 4.53. The summed E-state index contributed by atoms with van der Waals surface area (Å²) in [6.07, 6.45) is 0. The minimum absolute atomic E-state index is 0.0520. The van der Waals surface area contributed by atoms with E-state index in [0.29, 0.717) is 11.1 Å². The summed E-state index contributed by atoms with van der Waals surface area (Å²) in [5.41, 5.74) is 2.52. The third kappa shape index (κ3) is 2.22. The lowest BCUT2D eigenvalue weighted by atomic mass is 10.0. The SMILES string of the molecule is Cc1ccc(Br)c(C(=O)c2ccccc2)c1. The molecule has 2 aromatic rings. The van der Waals surface area contributed by atoms with Crippen LogP contribution < -0.4 is 0 Å². The Labute approximate surface area is 103 Å². The van der Waals surface area contributed by atoms with Crippen molar-refractivity contribution in [3.05, 3.63) is 69.7 Å². The standard InChI is InChI=1S/C14H11BrO/c1-10-7-8-13(15)12(9-10)14(16)11-5-3-2-4-6-11/h2-9H,1H3. The quantitative estimate of drug-likeness (QED) is 0.757. The summed E-state index contributed by atoms with van der Waals surface area (Å²) in [6.45, 7) is 1.98. The molecule has 0 unspecified atom stereocenters. The predicted molar refractivity (Wildman–Crippen MR) is 68.8 cm³/mol. The van der Waals surface area contributed by atoms with Crippen LogP contribution in [-0.4, -0.2) is 5.78 Å². The van der Waals surface area contributed by atoms with Gasteiger partial charge in [0.1, 0.15) is 0 Å². The lowest BCUT2D eigenvalue weighted by Gasteiger charge is -2.04. The van der Waals surface area contributed by atoms with Crippen LogP contribution in [0.4, 0.5) is 0 Å². The van der Waals surface area contributed by atoms with Crippen LogP contribution in [0.1, 0.15) is 21.5 Å². The molecule has 0 aliphatic rings. The molecule has 0 amide bonds. The Balaban J connectivity index is 2.46. The molecule has 0 saturated heterocycles. The van der Waals surface area contributed by atoms with E-state index in [9.17, 15) is 4.79 Å². The maximum atomic E-state index is 12.2. The summed E-state index contributed by atoms with van der Waals surface area (Å²) in [5, 5.41) is 0. The summed E-state index contributed by atoms with van der Waals surface area (Å²) in [6, 6.07) is 15.1. The molecule has 2 aromatic carbocycles. The molecule has 2 heteroatoms. The zero-order chi connectivity index (χ0) is 11.5. The number of carbonyl (C=O) groups excluding carboxylic acids is 1. The van der Waals surface area contributed by atoms with Gasteiger partial charge in [0.2, 0.25) is 0 Å². The molecule has 0 aliphatic carbocycles. The van der Waals surface area contributed by atoms with Crippen molar-refractivity contribution in [1.82, 2.24) is 0 Å². The second-order valence-electron chi connectivity index (χ2n) is 3.68. The van der Waals surface area contributed by atoms with Gasteiger partial charge >= 0.3 is 0 Å².